The average molecular weight is 252 g/mol. The second-order valence-corrected chi connectivity index (χ2v) is 4.04. The molecule has 8 heteroatoms. The molecule has 1 fully saturated rings. The van der Waals surface area contributed by atoms with Crippen LogP contribution in [0, 0.1) is 10.1 Å². The Morgan fingerprint density at radius 3 is 2.67 bits per heavy atom. The second kappa shape index (κ2) is 6.22. The Balaban J connectivity index is 1.74. The third kappa shape index (κ3) is 3.60. The van der Waals surface area contributed by atoms with E-state index in [1.807, 2.05) is 0 Å². The normalized spacial score (nSPS) is 16.4. The van der Waals surface area contributed by atoms with Crippen LogP contribution >= 0.6 is 0 Å². The molecule has 2 rings (SSSR count). The summed E-state index contributed by atoms with van der Waals surface area (Å²) in [7, 11) is 0. The predicted octanol–water partition coefficient (Wildman–Crippen LogP) is -0.298. The SMILES string of the molecule is O=[N+]([O-])c1cnc(NCCN2CCNCC2)nc1. The summed E-state index contributed by atoms with van der Waals surface area (Å²) in [5, 5.41) is 16.8. The van der Waals surface area contributed by atoms with Gasteiger partial charge in [0.05, 0.1) is 4.92 Å². The highest BCUT2D eigenvalue weighted by Crippen LogP contribution is 2.07. The molecule has 18 heavy (non-hydrogen) atoms. The molecule has 1 aromatic heterocycles. The van der Waals surface area contributed by atoms with Gasteiger partial charge in [-0.05, 0) is 0 Å². The van der Waals surface area contributed by atoms with Gasteiger partial charge in [0.2, 0.25) is 5.95 Å². The number of piperazine rings is 1. The molecule has 2 N–H and O–H groups in total. The maximum Gasteiger partial charge on any atom is 0.305 e. The van der Waals surface area contributed by atoms with Crippen molar-refractivity contribution in [3.63, 3.8) is 0 Å². The number of nitrogens with zero attached hydrogens (tertiary/aromatic N) is 4. The van der Waals surface area contributed by atoms with Crippen LogP contribution in [0.4, 0.5) is 11.6 Å². The van der Waals surface area contributed by atoms with E-state index in [1.165, 1.54) is 12.4 Å². The van der Waals surface area contributed by atoms with Gasteiger partial charge in [-0.15, -0.1) is 0 Å². The van der Waals surface area contributed by atoms with Crippen LogP contribution in [0.3, 0.4) is 0 Å². The van der Waals surface area contributed by atoms with Crippen molar-refractivity contribution in [1.29, 1.82) is 0 Å². The quantitative estimate of drug-likeness (QED) is 0.548. The Morgan fingerprint density at radius 1 is 1.39 bits per heavy atom. The van der Waals surface area contributed by atoms with Gasteiger partial charge in [-0.25, -0.2) is 9.97 Å². The van der Waals surface area contributed by atoms with Crippen LogP contribution in [0.25, 0.3) is 0 Å². The Kier molecular flexibility index (Phi) is 4.37. The molecule has 0 spiro atoms. The molecule has 0 radical (unpaired) electrons. The van der Waals surface area contributed by atoms with E-state index in [9.17, 15) is 10.1 Å². The Labute approximate surface area is 105 Å². The zero-order valence-corrected chi connectivity index (χ0v) is 10.0. The summed E-state index contributed by atoms with van der Waals surface area (Å²) >= 11 is 0. The Morgan fingerprint density at radius 2 is 2.06 bits per heavy atom. The van der Waals surface area contributed by atoms with Crippen molar-refractivity contribution in [2.45, 2.75) is 0 Å². The highest BCUT2D eigenvalue weighted by Gasteiger charge is 2.09. The van der Waals surface area contributed by atoms with Crippen molar-refractivity contribution in [3.05, 3.63) is 22.5 Å². The topological polar surface area (TPSA) is 96.2 Å². The van der Waals surface area contributed by atoms with Gasteiger partial charge in [-0.3, -0.25) is 15.0 Å². The molecular weight excluding hydrogens is 236 g/mol. The highest BCUT2D eigenvalue weighted by molar-refractivity contribution is 5.30. The van der Waals surface area contributed by atoms with Gasteiger partial charge in [0.25, 0.3) is 0 Å². The zero-order chi connectivity index (χ0) is 12.8. The first-order valence-electron chi connectivity index (χ1n) is 5.89. The second-order valence-electron chi connectivity index (χ2n) is 4.04. The van der Waals surface area contributed by atoms with E-state index in [4.69, 9.17) is 0 Å². The number of hydrogen-bond donors (Lipinski definition) is 2. The summed E-state index contributed by atoms with van der Waals surface area (Å²) in [5.74, 6) is 0.427. The van der Waals surface area contributed by atoms with Crippen molar-refractivity contribution < 1.29 is 4.92 Å². The smallest absolute Gasteiger partial charge is 0.305 e. The lowest BCUT2D eigenvalue weighted by Gasteiger charge is -2.26. The fourth-order valence-corrected chi connectivity index (χ4v) is 1.77. The third-order valence-corrected chi connectivity index (χ3v) is 2.77. The van der Waals surface area contributed by atoms with Crippen molar-refractivity contribution in [1.82, 2.24) is 20.2 Å². The summed E-state index contributed by atoms with van der Waals surface area (Å²) < 4.78 is 0. The first kappa shape index (κ1) is 12.7. The summed E-state index contributed by atoms with van der Waals surface area (Å²) in [6, 6.07) is 0. The minimum atomic E-state index is -0.509. The van der Waals surface area contributed by atoms with Gasteiger partial charge in [0.1, 0.15) is 12.4 Å². The number of nitrogens with one attached hydrogen (secondary N) is 2. The van der Waals surface area contributed by atoms with E-state index in [1.54, 1.807) is 0 Å². The molecule has 0 bridgehead atoms. The maximum absolute atomic E-state index is 10.4. The summed E-state index contributed by atoms with van der Waals surface area (Å²) in [5.41, 5.74) is -0.0948. The number of nitro groups is 1. The summed E-state index contributed by atoms with van der Waals surface area (Å²) in [6.07, 6.45) is 2.42. The van der Waals surface area contributed by atoms with E-state index in [2.05, 4.69) is 25.5 Å². The van der Waals surface area contributed by atoms with Crippen molar-refractivity contribution in [3.8, 4) is 0 Å². The van der Waals surface area contributed by atoms with Crippen LogP contribution < -0.4 is 10.6 Å². The van der Waals surface area contributed by atoms with Crippen LogP contribution in [0.5, 0.6) is 0 Å². The molecule has 0 aliphatic carbocycles. The van der Waals surface area contributed by atoms with Gasteiger partial charge in [0.15, 0.2) is 0 Å². The summed E-state index contributed by atoms with van der Waals surface area (Å²) in [4.78, 5) is 20.0. The van der Waals surface area contributed by atoms with E-state index in [0.29, 0.717) is 5.95 Å². The van der Waals surface area contributed by atoms with Gasteiger partial charge in [-0.2, -0.15) is 0 Å². The fourth-order valence-electron chi connectivity index (χ4n) is 1.77. The van der Waals surface area contributed by atoms with Crippen LogP contribution in [0.15, 0.2) is 12.4 Å². The molecule has 0 atom stereocenters. The number of hydrogen-bond acceptors (Lipinski definition) is 7. The monoisotopic (exact) mass is 252 g/mol. The fraction of sp³-hybridized carbons (Fsp3) is 0.600. The highest BCUT2D eigenvalue weighted by atomic mass is 16.6. The van der Waals surface area contributed by atoms with Gasteiger partial charge < -0.3 is 10.6 Å². The van der Waals surface area contributed by atoms with E-state index in [-0.39, 0.29) is 5.69 Å². The van der Waals surface area contributed by atoms with Crippen molar-refractivity contribution in [2.24, 2.45) is 0 Å². The molecule has 1 aromatic rings. The molecule has 0 amide bonds. The third-order valence-electron chi connectivity index (χ3n) is 2.77. The predicted molar refractivity (Wildman–Crippen MR) is 66.5 cm³/mol. The van der Waals surface area contributed by atoms with Gasteiger partial charge in [-0.1, -0.05) is 0 Å². The first-order chi connectivity index (χ1) is 8.75. The minimum Gasteiger partial charge on any atom is -0.353 e. The first-order valence-corrected chi connectivity index (χ1v) is 5.89. The molecule has 2 heterocycles. The zero-order valence-electron chi connectivity index (χ0n) is 10.0. The Bertz CT molecular complexity index is 390. The number of aromatic nitrogens is 2. The largest absolute Gasteiger partial charge is 0.353 e. The molecule has 1 aliphatic rings. The molecule has 1 aliphatic heterocycles. The van der Waals surface area contributed by atoms with Crippen LogP contribution in [0.2, 0.25) is 0 Å². The average Bonchev–Trinajstić information content (AvgIpc) is 2.40. The minimum absolute atomic E-state index is 0.0948. The molecule has 98 valence electrons. The van der Waals surface area contributed by atoms with Gasteiger partial charge >= 0.3 is 5.69 Å². The summed E-state index contributed by atoms with van der Waals surface area (Å²) in [6.45, 7) is 5.79. The lowest BCUT2D eigenvalue weighted by atomic mass is 10.3. The molecule has 1 saturated heterocycles. The van der Waals surface area contributed by atoms with Crippen molar-refractivity contribution >= 4 is 11.6 Å². The van der Waals surface area contributed by atoms with Gasteiger partial charge in [0, 0.05) is 39.3 Å². The van der Waals surface area contributed by atoms with Crippen LogP contribution in [-0.4, -0.2) is 59.1 Å². The van der Waals surface area contributed by atoms with Crippen LogP contribution in [-0.2, 0) is 0 Å². The molecule has 0 saturated carbocycles. The number of rotatable bonds is 5. The number of anilines is 1. The van der Waals surface area contributed by atoms with E-state index >= 15 is 0 Å². The van der Waals surface area contributed by atoms with E-state index < -0.39 is 4.92 Å². The lowest BCUT2D eigenvalue weighted by Crippen LogP contribution is -2.45. The maximum atomic E-state index is 10.4. The van der Waals surface area contributed by atoms with Crippen LogP contribution in [0.1, 0.15) is 0 Å². The Hall–Kier alpha value is -1.80. The molecule has 0 unspecified atom stereocenters. The van der Waals surface area contributed by atoms with E-state index in [0.717, 1.165) is 39.3 Å². The molecular formula is C10H16N6O2. The molecule has 0 aromatic carbocycles. The lowest BCUT2D eigenvalue weighted by molar-refractivity contribution is -0.385. The van der Waals surface area contributed by atoms with Crippen molar-refractivity contribution in [2.75, 3.05) is 44.6 Å². The standard InChI is InChI=1S/C10H16N6O2/c17-16(18)9-7-13-10(14-8-9)12-3-6-15-4-1-11-2-5-15/h7-8,11H,1-6H2,(H,12,13,14). The molecule has 8 nitrogen and oxygen atoms in total.